The van der Waals surface area contributed by atoms with Gasteiger partial charge in [0.05, 0.1) is 10.4 Å². The maximum Gasteiger partial charge on any atom is 0.0880 e. The van der Waals surface area contributed by atoms with Gasteiger partial charge in [-0.15, -0.1) is 11.3 Å². The summed E-state index contributed by atoms with van der Waals surface area (Å²) in [6.07, 6.45) is 2.05. The Morgan fingerprint density at radius 3 is 2.31 bits per heavy atom. The second kappa shape index (κ2) is 4.85. The van der Waals surface area contributed by atoms with Crippen molar-refractivity contribution in [2.75, 3.05) is 0 Å². The second-order valence-corrected chi connectivity index (χ2v) is 13.4. The van der Waals surface area contributed by atoms with E-state index in [0.29, 0.717) is 5.41 Å². The fourth-order valence-corrected chi connectivity index (χ4v) is 11.4. The first kappa shape index (κ1) is 17.3. The van der Waals surface area contributed by atoms with E-state index in [1.807, 2.05) is 6.20 Å². The SMILES string of the molecule is Cc1c(C23C4C5C6C4C2C6C53)sc2c(-c3cc(C(C)(C)C)c4ccccc4c3)nccc12. The van der Waals surface area contributed by atoms with Crippen molar-refractivity contribution in [1.82, 2.24) is 4.98 Å². The lowest BCUT2D eigenvalue weighted by Crippen LogP contribution is -3.06. The third kappa shape index (κ3) is 1.46. The Morgan fingerprint density at radius 2 is 1.59 bits per heavy atom. The fraction of sp³-hybridized carbons (Fsp3) is 0.433. The highest BCUT2D eigenvalue weighted by Gasteiger charge is 3.04. The Morgan fingerprint density at radius 1 is 0.875 bits per heavy atom. The number of hydrogen-bond donors (Lipinski definition) is 0. The standard InChI is InChI=1S/C30H27NS/c1-13-16-9-10-31-26(15-11-14-7-5-6-8-17(14)18(12-15)29(2,3)4)27(16)32-28(13)30-23-20-19-21(23)25(30)22(19)24(20)30/h5-12,19-25H,1-4H3. The summed E-state index contributed by atoms with van der Waals surface area (Å²) in [5, 5.41) is 4.14. The molecule has 4 aromatic rings. The number of rotatable bonds is 2. The fourth-order valence-electron chi connectivity index (χ4n) is 9.72. The molecule has 6 aliphatic rings. The Labute approximate surface area is 192 Å². The number of pyridine rings is 1. The molecule has 0 saturated heterocycles. The van der Waals surface area contributed by atoms with E-state index in [1.165, 1.54) is 43.6 Å². The van der Waals surface area contributed by atoms with Gasteiger partial charge in [0.1, 0.15) is 0 Å². The molecule has 2 aromatic carbocycles. The van der Waals surface area contributed by atoms with Gasteiger partial charge in [-0.05, 0) is 99.2 Å². The highest BCUT2D eigenvalue weighted by atomic mass is 32.1. The quantitative estimate of drug-likeness (QED) is 0.322. The predicted octanol–water partition coefficient (Wildman–Crippen LogP) is 7.34. The van der Waals surface area contributed by atoms with E-state index in [1.54, 1.807) is 10.4 Å². The third-order valence-corrected chi connectivity index (χ3v) is 12.1. The average molecular weight is 434 g/mol. The van der Waals surface area contributed by atoms with Crippen molar-refractivity contribution in [2.45, 2.75) is 38.5 Å². The molecule has 0 bridgehead atoms. The maximum absolute atomic E-state index is 4.99. The van der Waals surface area contributed by atoms with Crippen LogP contribution in [0.2, 0.25) is 0 Å². The van der Waals surface area contributed by atoms with Gasteiger partial charge in [-0.25, -0.2) is 0 Å². The number of aryl methyl sites for hydroxylation is 1. The van der Waals surface area contributed by atoms with Gasteiger partial charge in [-0.3, -0.25) is 4.98 Å². The van der Waals surface area contributed by atoms with Crippen LogP contribution in [0.15, 0.2) is 48.7 Å². The van der Waals surface area contributed by atoms with Gasteiger partial charge in [0, 0.05) is 22.1 Å². The van der Waals surface area contributed by atoms with Gasteiger partial charge in [0.2, 0.25) is 0 Å². The van der Waals surface area contributed by atoms with E-state index < -0.39 is 0 Å². The topological polar surface area (TPSA) is 12.9 Å². The van der Waals surface area contributed by atoms with Gasteiger partial charge < -0.3 is 0 Å². The summed E-state index contributed by atoms with van der Waals surface area (Å²) in [5.74, 6) is 7.75. The van der Waals surface area contributed by atoms with Gasteiger partial charge in [0.15, 0.2) is 0 Å². The lowest BCUT2D eigenvalue weighted by molar-refractivity contribution is -0.580. The molecule has 6 aliphatic carbocycles. The van der Waals surface area contributed by atoms with Crippen LogP contribution in [0.4, 0.5) is 0 Å². The number of nitrogens with zero attached hydrogens (tertiary/aromatic N) is 1. The van der Waals surface area contributed by atoms with Crippen molar-refractivity contribution in [3.63, 3.8) is 0 Å². The molecule has 10 rings (SSSR count). The van der Waals surface area contributed by atoms with Crippen LogP contribution in [0.3, 0.4) is 0 Å². The Bertz CT molecular complexity index is 1480. The summed E-state index contributed by atoms with van der Waals surface area (Å²) in [4.78, 5) is 6.74. The lowest BCUT2D eigenvalue weighted by atomic mass is 8.96. The molecular weight excluding hydrogens is 406 g/mol. The first-order chi connectivity index (χ1) is 15.4. The monoisotopic (exact) mass is 433 g/mol. The van der Waals surface area contributed by atoms with Gasteiger partial charge in [-0.1, -0.05) is 45.0 Å². The van der Waals surface area contributed by atoms with Gasteiger partial charge in [-0.2, -0.15) is 0 Å². The zero-order valence-electron chi connectivity index (χ0n) is 19.0. The van der Waals surface area contributed by atoms with Crippen LogP contribution in [0.1, 0.15) is 36.8 Å². The minimum Gasteiger partial charge on any atom is -0.255 e. The molecule has 2 aromatic heterocycles. The second-order valence-electron chi connectivity index (χ2n) is 12.4. The van der Waals surface area contributed by atoms with Crippen LogP contribution in [0.5, 0.6) is 0 Å². The van der Waals surface area contributed by atoms with Crippen LogP contribution in [-0.4, -0.2) is 4.98 Å². The van der Waals surface area contributed by atoms with E-state index in [0.717, 1.165) is 35.5 Å². The zero-order valence-corrected chi connectivity index (χ0v) is 19.8. The highest BCUT2D eigenvalue weighted by molar-refractivity contribution is 7.20. The van der Waals surface area contributed by atoms with Crippen molar-refractivity contribution >= 4 is 32.2 Å². The molecule has 0 unspecified atom stereocenters. The smallest absolute Gasteiger partial charge is 0.0880 e. The number of thiophene rings is 1. The minimum absolute atomic E-state index is 0.0922. The van der Waals surface area contributed by atoms with Crippen molar-refractivity contribution in [2.24, 2.45) is 41.4 Å². The number of aromatic nitrogens is 1. The molecule has 0 N–H and O–H groups in total. The number of benzene rings is 2. The lowest BCUT2D eigenvalue weighted by Gasteiger charge is -3.07. The summed E-state index contributed by atoms with van der Waals surface area (Å²) in [7, 11) is 0. The van der Waals surface area contributed by atoms with E-state index in [2.05, 4.69) is 81.5 Å². The van der Waals surface area contributed by atoms with Crippen molar-refractivity contribution < 1.29 is 0 Å². The first-order valence-corrected chi connectivity index (χ1v) is 13.2. The highest BCUT2D eigenvalue weighted by Crippen LogP contribution is 3.05. The molecule has 1 nitrogen and oxygen atoms in total. The average Bonchev–Trinajstić information content (AvgIpc) is 3.14. The molecule has 158 valence electrons. The Hall–Kier alpha value is -2.19. The summed E-state index contributed by atoms with van der Waals surface area (Å²) in [6.45, 7) is 9.38. The van der Waals surface area contributed by atoms with Crippen molar-refractivity contribution in [1.29, 1.82) is 0 Å². The van der Waals surface area contributed by atoms with Crippen molar-refractivity contribution in [3.05, 3.63) is 64.7 Å². The van der Waals surface area contributed by atoms with Gasteiger partial charge >= 0.3 is 0 Å². The normalized spacial score (nSPS) is 39.1. The first-order valence-electron chi connectivity index (χ1n) is 12.4. The number of hydrogen-bond acceptors (Lipinski definition) is 2. The van der Waals surface area contributed by atoms with E-state index in [9.17, 15) is 0 Å². The molecule has 6 saturated carbocycles. The summed E-state index contributed by atoms with van der Waals surface area (Å²) < 4.78 is 1.42. The third-order valence-electron chi connectivity index (χ3n) is 10.7. The molecule has 0 aliphatic heterocycles. The molecule has 0 atom stereocenters. The minimum atomic E-state index is 0.0922. The van der Waals surface area contributed by atoms with Crippen molar-refractivity contribution in [3.8, 4) is 11.3 Å². The molecule has 2 heteroatoms. The largest absolute Gasteiger partial charge is 0.255 e. The van der Waals surface area contributed by atoms with Crippen LogP contribution in [0.25, 0.3) is 32.1 Å². The van der Waals surface area contributed by atoms with Crippen LogP contribution >= 0.6 is 11.3 Å². The van der Waals surface area contributed by atoms with E-state index in [4.69, 9.17) is 4.98 Å². The van der Waals surface area contributed by atoms with E-state index in [-0.39, 0.29) is 5.41 Å². The molecule has 0 radical (unpaired) electrons. The zero-order chi connectivity index (χ0) is 21.3. The van der Waals surface area contributed by atoms with Crippen LogP contribution in [-0.2, 0) is 10.8 Å². The molecule has 2 heterocycles. The summed E-state index contributed by atoms with van der Waals surface area (Å²) in [5.41, 5.74) is 6.16. The number of fused-ring (bicyclic) bond motifs is 2. The van der Waals surface area contributed by atoms with Gasteiger partial charge in [0.25, 0.3) is 0 Å². The molecule has 0 amide bonds. The predicted molar refractivity (Wildman–Crippen MR) is 132 cm³/mol. The molecular formula is C30H27NS. The van der Waals surface area contributed by atoms with E-state index >= 15 is 0 Å². The molecule has 0 spiro atoms. The maximum atomic E-state index is 4.99. The Balaban J connectivity index is 1.27. The Kier molecular flexibility index (Phi) is 2.62. The molecule has 6 fully saturated rings. The molecule has 32 heavy (non-hydrogen) atoms. The summed E-state index contributed by atoms with van der Waals surface area (Å²) >= 11 is 2.11. The van der Waals surface area contributed by atoms with Crippen LogP contribution in [0, 0.1) is 48.3 Å². The summed E-state index contributed by atoms with van der Waals surface area (Å²) in [6, 6.07) is 15.9. The van der Waals surface area contributed by atoms with Crippen LogP contribution < -0.4 is 0 Å².